The molecule has 1 saturated heterocycles. The van der Waals surface area contributed by atoms with E-state index in [1.54, 1.807) is 36.4 Å². The van der Waals surface area contributed by atoms with Crippen molar-refractivity contribution < 1.29 is 24.2 Å². The number of benzene rings is 2. The minimum absolute atomic E-state index is 0.121. The van der Waals surface area contributed by atoms with Crippen molar-refractivity contribution in [2.24, 2.45) is 0 Å². The standard InChI is InChI=1S/C24H27ClN2O5/c1-4-7-16-10-11-20(21(12-16)31-3)32-15-19(28)14-27-22(29)24(5-2,26-23(27)30)17-8-6-9-18(25)13-17/h4,6,8-13,19,28H,1,5,7,14-15H2,2-3H3,(H,26,30)/t19-,24+/m1/s1. The van der Waals surface area contributed by atoms with E-state index in [0.29, 0.717) is 34.9 Å². The third-order valence-electron chi connectivity index (χ3n) is 5.46. The van der Waals surface area contributed by atoms with E-state index in [2.05, 4.69) is 11.9 Å². The molecule has 3 amide bonds. The topological polar surface area (TPSA) is 88.1 Å². The average molecular weight is 459 g/mol. The second kappa shape index (κ2) is 10.1. The number of aliphatic hydroxyl groups is 1. The minimum atomic E-state index is -1.22. The molecular weight excluding hydrogens is 432 g/mol. The van der Waals surface area contributed by atoms with E-state index < -0.39 is 23.6 Å². The number of halogens is 1. The van der Waals surface area contributed by atoms with Gasteiger partial charge in [0.1, 0.15) is 18.2 Å². The Bertz CT molecular complexity index is 1010. The van der Waals surface area contributed by atoms with Crippen molar-refractivity contribution >= 4 is 23.5 Å². The Morgan fingerprint density at radius 3 is 2.69 bits per heavy atom. The number of hydrogen-bond acceptors (Lipinski definition) is 5. The number of carbonyl (C=O) groups is 2. The van der Waals surface area contributed by atoms with Crippen LogP contribution in [0.3, 0.4) is 0 Å². The lowest BCUT2D eigenvalue weighted by atomic mass is 9.87. The van der Waals surface area contributed by atoms with Crippen molar-refractivity contribution in [3.63, 3.8) is 0 Å². The average Bonchev–Trinajstić information content (AvgIpc) is 3.03. The lowest BCUT2D eigenvalue weighted by Gasteiger charge is -2.26. The van der Waals surface area contributed by atoms with Crippen molar-refractivity contribution in [2.45, 2.75) is 31.4 Å². The zero-order valence-electron chi connectivity index (χ0n) is 18.1. The van der Waals surface area contributed by atoms with E-state index in [1.165, 1.54) is 7.11 Å². The van der Waals surface area contributed by atoms with E-state index in [1.807, 2.05) is 19.1 Å². The van der Waals surface area contributed by atoms with E-state index in [0.717, 1.165) is 10.5 Å². The molecule has 2 aromatic rings. The largest absolute Gasteiger partial charge is 0.493 e. The molecule has 170 valence electrons. The molecule has 0 aliphatic carbocycles. The molecule has 32 heavy (non-hydrogen) atoms. The predicted octanol–water partition coefficient (Wildman–Crippen LogP) is 3.67. The molecule has 0 saturated carbocycles. The first-order chi connectivity index (χ1) is 15.3. The summed E-state index contributed by atoms with van der Waals surface area (Å²) in [7, 11) is 1.53. The fourth-order valence-corrected chi connectivity index (χ4v) is 3.95. The Morgan fingerprint density at radius 2 is 2.03 bits per heavy atom. The van der Waals surface area contributed by atoms with Crippen molar-refractivity contribution in [2.75, 3.05) is 20.3 Å². The maximum absolute atomic E-state index is 13.2. The van der Waals surface area contributed by atoms with Gasteiger partial charge in [0.05, 0.1) is 13.7 Å². The zero-order chi connectivity index (χ0) is 23.3. The van der Waals surface area contributed by atoms with Crippen molar-refractivity contribution in [1.29, 1.82) is 0 Å². The van der Waals surface area contributed by atoms with Crippen LogP contribution in [-0.4, -0.2) is 48.3 Å². The summed E-state index contributed by atoms with van der Waals surface area (Å²) >= 11 is 6.09. The van der Waals surface area contributed by atoms with Crippen molar-refractivity contribution in [3.8, 4) is 11.5 Å². The Labute approximate surface area is 192 Å². The maximum Gasteiger partial charge on any atom is 0.325 e. The van der Waals surface area contributed by atoms with Gasteiger partial charge in [0.25, 0.3) is 5.91 Å². The summed E-state index contributed by atoms with van der Waals surface area (Å²) in [4.78, 5) is 26.8. The second-order valence-corrected chi connectivity index (χ2v) is 7.99. The van der Waals surface area contributed by atoms with Gasteiger partial charge < -0.3 is 19.9 Å². The highest BCUT2D eigenvalue weighted by atomic mass is 35.5. The number of ether oxygens (including phenoxy) is 2. The second-order valence-electron chi connectivity index (χ2n) is 7.56. The molecule has 0 spiro atoms. The van der Waals surface area contributed by atoms with Crippen LogP contribution in [0.25, 0.3) is 0 Å². The highest BCUT2D eigenvalue weighted by molar-refractivity contribution is 6.30. The van der Waals surface area contributed by atoms with Gasteiger partial charge in [0, 0.05) is 5.02 Å². The summed E-state index contributed by atoms with van der Waals surface area (Å²) in [6, 6.07) is 11.7. The summed E-state index contributed by atoms with van der Waals surface area (Å²) in [6.07, 6.45) is 1.73. The van der Waals surface area contributed by atoms with Crippen molar-refractivity contribution in [1.82, 2.24) is 10.2 Å². The van der Waals surface area contributed by atoms with Gasteiger partial charge in [-0.2, -0.15) is 0 Å². The number of imide groups is 1. The Balaban J connectivity index is 1.69. The predicted molar refractivity (Wildman–Crippen MR) is 122 cm³/mol. The number of carbonyl (C=O) groups excluding carboxylic acids is 2. The molecule has 2 N–H and O–H groups in total. The Hall–Kier alpha value is -3.03. The molecule has 1 fully saturated rings. The molecule has 0 aromatic heterocycles. The van der Waals surface area contributed by atoms with Gasteiger partial charge in [0.15, 0.2) is 11.5 Å². The van der Waals surface area contributed by atoms with Crippen LogP contribution >= 0.6 is 11.6 Å². The SMILES string of the molecule is C=CCc1ccc(OC[C@H](O)CN2C(=O)N[C@@](CC)(c3cccc(Cl)c3)C2=O)c(OC)c1. The van der Waals surface area contributed by atoms with Crippen LogP contribution in [0.2, 0.25) is 5.02 Å². The number of nitrogens with zero attached hydrogens (tertiary/aromatic N) is 1. The molecule has 8 heteroatoms. The lowest BCUT2D eigenvalue weighted by molar-refractivity contribution is -0.132. The van der Waals surface area contributed by atoms with Gasteiger partial charge in [-0.3, -0.25) is 9.69 Å². The molecule has 7 nitrogen and oxygen atoms in total. The molecule has 1 aliphatic rings. The number of aliphatic hydroxyl groups excluding tert-OH is 1. The molecule has 0 radical (unpaired) electrons. The van der Waals surface area contributed by atoms with Gasteiger partial charge in [-0.05, 0) is 48.2 Å². The van der Waals surface area contributed by atoms with Gasteiger partial charge in [0.2, 0.25) is 0 Å². The summed E-state index contributed by atoms with van der Waals surface area (Å²) in [5.41, 5.74) is 0.400. The Morgan fingerprint density at radius 1 is 1.25 bits per heavy atom. The number of amides is 3. The molecule has 3 rings (SSSR count). The van der Waals surface area contributed by atoms with E-state index >= 15 is 0 Å². The van der Waals surface area contributed by atoms with Crippen LogP contribution in [0.15, 0.2) is 55.1 Å². The number of allylic oxidation sites excluding steroid dienone is 1. The third kappa shape index (κ3) is 4.74. The van der Waals surface area contributed by atoms with Crippen molar-refractivity contribution in [3.05, 3.63) is 71.3 Å². The van der Waals surface area contributed by atoms with Gasteiger partial charge >= 0.3 is 6.03 Å². The van der Waals surface area contributed by atoms with Gasteiger partial charge in [-0.25, -0.2) is 4.79 Å². The summed E-state index contributed by atoms with van der Waals surface area (Å²) < 4.78 is 11.0. The smallest absolute Gasteiger partial charge is 0.325 e. The molecule has 1 heterocycles. The molecule has 2 atom stereocenters. The first kappa shape index (κ1) is 23.6. The third-order valence-corrected chi connectivity index (χ3v) is 5.69. The van der Waals surface area contributed by atoms with Crippen LogP contribution < -0.4 is 14.8 Å². The first-order valence-electron chi connectivity index (χ1n) is 10.3. The van der Waals surface area contributed by atoms with E-state index in [4.69, 9.17) is 21.1 Å². The number of urea groups is 1. The minimum Gasteiger partial charge on any atom is -0.493 e. The number of β-amino-alcohol motifs (C(OH)–C–C–N with tert-alkyl or cyclic N) is 1. The fourth-order valence-electron chi connectivity index (χ4n) is 3.76. The van der Waals surface area contributed by atoms with Gasteiger partial charge in [-0.15, -0.1) is 6.58 Å². The van der Waals surface area contributed by atoms with Crippen LogP contribution in [0.5, 0.6) is 11.5 Å². The first-order valence-corrected chi connectivity index (χ1v) is 10.7. The van der Waals surface area contributed by atoms with Crippen LogP contribution in [0, 0.1) is 0 Å². The Kier molecular flexibility index (Phi) is 7.43. The highest BCUT2D eigenvalue weighted by Gasteiger charge is 2.51. The number of hydrogen-bond donors (Lipinski definition) is 2. The molecule has 0 bridgehead atoms. The molecular formula is C24H27ClN2O5. The monoisotopic (exact) mass is 458 g/mol. The summed E-state index contributed by atoms with van der Waals surface area (Å²) in [5.74, 6) is 0.550. The summed E-state index contributed by atoms with van der Waals surface area (Å²) in [5, 5.41) is 13.7. The fraction of sp³-hybridized carbons (Fsp3) is 0.333. The van der Waals surface area contributed by atoms with Crippen LogP contribution in [0.4, 0.5) is 4.79 Å². The lowest BCUT2D eigenvalue weighted by Crippen LogP contribution is -2.44. The van der Waals surface area contributed by atoms with E-state index in [-0.39, 0.29) is 13.2 Å². The highest BCUT2D eigenvalue weighted by Crippen LogP contribution is 2.34. The molecule has 2 aromatic carbocycles. The van der Waals surface area contributed by atoms with E-state index in [9.17, 15) is 14.7 Å². The number of methoxy groups -OCH3 is 1. The summed E-state index contributed by atoms with van der Waals surface area (Å²) in [6.45, 7) is 5.20. The number of rotatable bonds is 10. The zero-order valence-corrected chi connectivity index (χ0v) is 18.9. The quantitative estimate of drug-likeness (QED) is 0.419. The normalized spacial score (nSPS) is 18.9. The van der Waals surface area contributed by atoms with Crippen LogP contribution in [0.1, 0.15) is 24.5 Å². The van der Waals surface area contributed by atoms with Gasteiger partial charge in [-0.1, -0.05) is 42.8 Å². The number of nitrogens with one attached hydrogen (secondary N) is 1. The molecule has 1 aliphatic heterocycles. The van der Waals surface area contributed by atoms with Crippen LogP contribution in [-0.2, 0) is 16.8 Å². The maximum atomic E-state index is 13.2. The molecule has 0 unspecified atom stereocenters.